The Balaban J connectivity index is 1.06. The number of halogens is 1. The predicted molar refractivity (Wildman–Crippen MR) is 160 cm³/mol. The summed E-state index contributed by atoms with van der Waals surface area (Å²) in [5, 5.41) is 11.0. The van der Waals surface area contributed by atoms with Crippen molar-refractivity contribution >= 4 is 28.5 Å². The Morgan fingerprint density at radius 3 is 2.86 bits per heavy atom. The van der Waals surface area contributed by atoms with E-state index in [1.54, 1.807) is 18.3 Å². The predicted octanol–water partition coefficient (Wildman–Crippen LogP) is 3.72. The highest BCUT2D eigenvalue weighted by molar-refractivity contribution is 6.33. The fourth-order valence-electron chi connectivity index (χ4n) is 6.17. The Hall–Kier alpha value is -4.06. The molecule has 43 heavy (non-hydrogen) atoms. The summed E-state index contributed by atoms with van der Waals surface area (Å²) in [6.45, 7) is 2.67. The van der Waals surface area contributed by atoms with E-state index in [4.69, 9.17) is 30.8 Å². The number of imidazole rings is 1. The number of rotatable bonds is 8. The minimum Gasteiger partial charge on any atom is -0.489 e. The van der Waals surface area contributed by atoms with Crippen molar-refractivity contribution in [2.75, 3.05) is 33.5 Å². The molecule has 0 aliphatic carbocycles. The molecule has 1 atom stereocenters. The minimum absolute atomic E-state index is 0.0106. The number of ether oxygens (including phenoxy) is 3. The van der Waals surface area contributed by atoms with E-state index in [1.807, 2.05) is 23.1 Å². The quantitative estimate of drug-likeness (QED) is 0.277. The van der Waals surface area contributed by atoms with Gasteiger partial charge < -0.3 is 39.1 Å². The van der Waals surface area contributed by atoms with Crippen LogP contribution in [0.15, 0.2) is 41.3 Å². The Labute approximate surface area is 252 Å². The van der Waals surface area contributed by atoms with Gasteiger partial charge in [0.2, 0.25) is 6.79 Å². The third kappa shape index (κ3) is 5.21. The van der Waals surface area contributed by atoms with E-state index in [1.165, 1.54) is 0 Å². The summed E-state index contributed by atoms with van der Waals surface area (Å²) in [7, 11) is 2.11. The van der Waals surface area contributed by atoms with Crippen LogP contribution < -0.4 is 19.8 Å². The molecule has 1 saturated heterocycles. The molecule has 0 spiro atoms. The number of pyridine rings is 1. The fraction of sp³-hybridized carbons (Fsp3) is 0.387. The van der Waals surface area contributed by atoms with E-state index in [0.717, 1.165) is 42.6 Å². The number of likely N-dealkylation sites (tertiary alicyclic amines) is 1. The number of aromatic amines is 2. The maximum Gasteiger partial charge on any atom is 0.259 e. The number of aryl methyl sites for hydroxylation is 1. The molecular weight excluding hydrogens is 574 g/mol. The number of carbonyl (C=O) groups excluding carboxylic acids is 1. The van der Waals surface area contributed by atoms with Crippen molar-refractivity contribution in [3.05, 3.63) is 68.6 Å². The maximum atomic E-state index is 13.3. The van der Waals surface area contributed by atoms with Crippen LogP contribution in [0, 0.1) is 0 Å². The highest BCUT2D eigenvalue weighted by Crippen LogP contribution is 2.44. The second kappa shape index (κ2) is 11.2. The number of hydrogen-bond donors (Lipinski definition) is 3. The molecular formula is C31H32ClN5O6. The van der Waals surface area contributed by atoms with Crippen LogP contribution in [-0.2, 0) is 13.0 Å². The SMILES string of the molecule is CN1CCC(N2Cc3cc4[nH]c(-c5c(CC[C@@H](O)COc6ccc7c(c6Cl)OCO7)cc[nH]c5=O)nc4cc3C2=O)CC1. The van der Waals surface area contributed by atoms with Crippen LogP contribution in [0.1, 0.15) is 40.7 Å². The number of piperidine rings is 1. The Kier molecular flexibility index (Phi) is 7.24. The van der Waals surface area contributed by atoms with Crippen molar-refractivity contribution in [1.29, 1.82) is 0 Å². The molecule has 2 aromatic heterocycles. The van der Waals surface area contributed by atoms with Gasteiger partial charge in [-0.3, -0.25) is 9.59 Å². The Bertz CT molecular complexity index is 1760. The van der Waals surface area contributed by atoms with Gasteiger partial charge >= 0.3 is 0 Å². The van der Waals surface area contributed by atoms with E-state index >= 15 is 0 Å². The number of carbonyl (C=O) groups is 1. The highest BCUT2D eigenvalue weighted by atomic mass is 35.5. The summed E-state index contributed by atoms with van der Waals surface area (Å²) in [5.74, 6) is 1.84. The molecule has 0 radical (unpaired) electrons. The molecule has 3 aliphatic rings. The molecule has 1 fully saturated rings. The topological polar surface area (TPSA) is 133 Å². The zero-order valence-corrected chi connectivity index (χ0v) is 24.4. The number of benzene rings is 2. The first-order valence-electron chi connectivity index (χ1n) is 14.5. The molecule has 224 valence electrons. The Morgan fingerprint density at radius 1 is 1.19 bits per heavy atom. The average molecular weight is 606 g/mol. The lowest BCUT2D eigenvalue weighted by Crippen LogP contribution is -2.43. The van der Waals surface area contributed by atoms with Crippen LogP contribution in [0.2, 0.25) is 5.02 Å². The lowest BCUT2D eigenvalue weighted by Gasteiger charge is -2.34. The van der Waals surface area contributed by atoms with E-state index in [-0.39, 0.29) is 30.9 Å². The molecule has 7 rings (SSSR count). The number of nitrogens with one attached hydrogen (secondary N) is 2. The molecule has 0 unspecified atom stereocenters. The zero-order chi connectivity index (χ0) is 29.7. The zero-order valence-electron chi connectivity index (χ0n) is 23.7. The molecule has 3 aliphatic heterocycles. The second-order valence-electron chi connectivity index (χ2n) is 11.4. The summed E-state index contributed by atoms with van der Waals surface area (Å²) in [6.07, 6.45) is 3.48. The monoisotopic (exact) mass is 605 g/mol. The van der Waals surface area contributed by atoms with Gasteiger partial charge in [-0.05, 0) is 87.3 Å². The van der Waals surface area contributed by atoms with Crippen LogP contribution in [0.25, 0.3) is 22.4 Å². The van der Waals surface area contributed by atoms with Gasteiger partial charge in [-0.15, -0.1) is 0 Å². The van der Waals surface area contributed by atoms with Crippen LogP contribution >= 0.6 is 11.6 Å². The van der Waals surface area contributed by atoms with Gasteiger partial charge in [0.1, 0.15) is 23.2 Å². The Morgan fingerprint density at radius 2 is 2.02 bits per heavy atom. The number of aromatic nitrogens is 3. The minimum atomic E-state index is -0.814. The summed E-state index contributed by atoms with van der Waals surface area (Å²) in [4.78, 5) is 41.4. The number of H-pyrrole nitrogens is 2. The van der Waals surface area contributed by atoms with Crippen molar-refractivity contribution in [1.82, 2.24) is 24.8 Å². The van der Waals surface area contributed by atoms with Crippen LogP contribution in [0.5, 0.6) is 17.2 Å². The van der Waals surface area contributed by atoms with Gasteiger partial charge in [0.05, 0.1) is 22.7 Å². The van der Waals surface area contributed by atoms with E-state index in [0.29, 0.717) is 64.1 Å². The van der Waals surface area contributed by atoms with Crippen molar-refractivity contribution in [3.8, 4) is 28.6 Å². The van der Waals surface area contributed by atoms with Crippen molar-refractivity contribution < 1.29 is 24.1 Å². The molecule has 12 heteroatoms. The number of hydrogen-bond acceptors (Lipinski definition) is 8. The molecule has 0 bridgehead atoms. The molecule has 2 aromatic carbocycles. The van der Waals surface area contributed by atoms with Gasteiger partial charge in [-0.25, -0.2) is 4.98 Å². The fourth-order valence-corrected chi connectivity index (χ4v) is 6.44. The average Bonchev–Trinajstić information content (AvgIpc) is 3.72. The van der Waals surface area contributed by atoms with E-state index < -0.39 is 6.10 Å². The smallest absolute Gasteiger partial charge is 0.259 e. The number of amides is 1. The van der Waals surface area contributed by atoms with Gasteiger partial charge in [-0.1, -0.05) is 11.6 Å². The van der Waals surface area contributed by atoms with Crippen LogP contribution in [0.3, 0.4) is 0 Å². The summed E-state index contributed by atoms with van der Waals surface area (Å²) < 4.78 is 16.4. The molecule has 4 aromatic rings. The largest absolute Gasteiger partial charge is 0.489 e. The van der Waals surface area contributed by atoms with Gasteiger partial charge in [0.25, 0.3) is 11.5 Å². The molecule has 3 N–H and O–H groups in total. The first-order chi connectivity index (χ1) is 20.9. The van der Waals surface area contributed by atoms with E-state index in [9.17, 15) is 14.7 Å². The lowest BCUT2D eigenvalue weighted by atomic mass is 10.0. The number of fused-ring (bicyclic) bond motifs is 3. The maximum absolute atomic E-state index is 13.3. The molecule has 0 saturated carbocycles. The lowest BCUT2D eigenvalue weighted by molar-refractivity contribution is 0.0617. The van der Waals surface area contributed by atoms with Crippen molar-refractivity contribution in [3.63, 3.8) is 0 Å². The number of aliphatic hydroxyl groups is 1. The first kappa shape index (κ1) is 27.8. The third-order valence-electron chi connectivity index (χ3n) is 8.57. The number of aliphatic hydroxyl groups excluding tert-OH is 1. The summed E-state index contributed by atoms with van der Waals surface area (Å²) >= 11 is 6.36. The first-order valence-corrected chi connectivity index (χ1v) is 14.9. The summed E-state index contributed by atoms with van der Waals surface area (Å²) in [6, 6.07) is 9.26. The third-order valence-corrected chi connectivity index (χ3v) is 8.93. The van der Waals surface area contributed by atoms with E-state index in [2.05, 4.69) is 21.9 Å². The summed E-state index contributed by atoms with van der Waals surface area (Å²) in [5.41, 5.74) is 3.92. The second-order valence-corrected chi connectivity index (χ2v) is 11.8. The highest BCUT2D eigenvalue weighted by Gasteiger charge is 2.34. The molecule has 1 amide bonds. The van der Waals surface area contributed by atoms with Gasteiger partial charge in [0.15, 0.2) is 11.5 Å². The van der Waals surface area contributed by atoms with Gasteiger partial charge in [0, 0.05) is 24.3 Å². The molecule has 11 nitrogen and oxygen atoms in total. The number of nitrogens with zero attached hydrogens (tertiary/aromatic N) is 3. The normalized spacial score (nSPS) is 17.6. The van der Waals surface area contributed by atoms with Crippen LogP contribution in [-0.4, -0.2) is 81.4 Å². The van der Waals surface area contributed by atoms with Crippen molar-refractivity contribution in [2.45, 2.75) is 44.4 Å². The standard InChI is InChI=1S/C31H32ClN5O6/c1-36-10-7-19(8-11-36)37-14-18-12-22-23(13-21(18)31(37)40)35-29(34-22)26-17(6-9-33-30(26)39)2-3-20(38)15-41-24-4-5-25-28(27(24)32)43-16-42-25/h4-6,9,12-13,19-20,38H,2-3,7-8,10-11,14-16H2,1H3,(H,33,39)(H,34,35)/t20-/m1/s1. The van der Waals surface area contributed by atoms with Gasteiger partial charge in [-0.2, -0.15) is 0 Å². The van der Waals surface area contributed by atoms with Crippen molar-refractivity contribution in [2.24, 2.45) is 0 Å². The van der Waals surface area contributed by atoms with Crippen LogP contribution in [0.4, 0.5) is 0 Å². The molecule has 5 heterocycles.